The molecule has 0 radical (unpaired) electrons. The van der Waals surface area contributed by atoms with Crippen molar-refractivity contribution in [3.8, 4) is 5.75 Å². The summed E-state index contributed by atoms with van der Waals surface area (Å²) in [5.74, 6) is -1.54. The van der Waals surface area contributed by atoms with Crippen molar-refractivity contribution in [3.63, 3.8) is 0 Å². The Morgan fingerprint density at radius 3 is 2.31 bits per heavy atom. The first kappa shape index (κ1) is 13.1. The van der Waals surface area contributed by atoms with Gasteiger partial charge in [-0.3, -0.25) is 0 Å². The molecule has 3 nitrogen and oxygen atoms in total. The molecule has 0 unspecified atom stereocenters. The van der Waals surface area contributed by atoms with Gasteiger partial charge >= 0.3 is 6.18 Å². The lowest BCUT2D eigenvalue weighted by Crippen LogP contribution is -2.10. The summed E-state index contributed by atoms with van der Waals surface area (Å²) < 4.78 is 58.8. The van der Waals surface area contributed by atoms with E-state index in [-0.39, 0.29) is 0 Å². The summed E-state index contributed by atoms with van der Waals surface area (Å²) in [5.41, 5.74) is -1.71. The van der Waals surface area contributed by atoms with Crippen LogP contribution < -0.4 is 0 Å². The minimum atomic E-state index is -4.74. The summed E-state index contributed by atoms with van der Waals surface area (Å²) in [6.45, 7) is 0. The van der Waals surface area contributed by atoms with E-state index < -0.39 is 37.9 Å². The number of hydrogen-bond acceptors (Lipinski definition) is 3. The Balaban J connectivity index is 3.29. The molecule has 0 atom stereocenters. The van der Waals surface area contributed by atoms with Gasteiger partial charge in [0.1, 0.15) is 5.75 Å². The predicted octanol–water partition coefficient (Wildman–Crippen LogP) is 2.48. The van der Waals surface area contributed by atoms with Crippen LogP contribution in [0.4, 0.5) is 13.2 Å². The molecule has 0 heterocycles. The van der Waals surface area contributed by atoms with Gasteiger partial charge in [-0.05, 0) is 17.7 Å². The van der Waals surface area contributed by atoms with Crippen LogP contribution in [0.15, 0.2) is 18.2 Å². The minimum absolute atomic E-state index is 0.456. The molecular formula is C8H6ClF3O3S. The minimum Gasteiger partial charge on any atom is -0.508 e. The van der Waals surface area contributed by atoms with E-state index >= 15 is 0 Å². The van der Waals surface area contributed by atoms with Gasteiger partial charge in [-0.2, -0.15) is 13.2 Å². The fourth-order valence-corrected chi connectivity index (χ4v) is 2.12. The summed E-state index contributed by atoms with van der Waals surface area (Å²) in [5, 5.41) is 8.92. The molecule has 0 aromatic heterocycles. The molecule has 0 aliphatic heterocycles. The Bertz CT molecular complexity index is 496. The maximum Gasteiger partial charge on any atom is 0.416 e. The van der Waals surface area contributed by atoms with Crippen molar-refractivity contribution in [2.24, 2.45) is 0 Å². The quantitative estimate of drug-likeness (QED) is 0.843. The number of aromatic hydroxyl groups is 1. The van der Waals surface area contributed by atoms with Crippen molar-refractivity contribution < 1.29 is 26.7 Å². The second-order valence-corrected chi connectivity index (χ2v) is 5.80. The second kappa shape index (κ2) is 4.14. The average molecular weight is 275 g/mol. The maximum absolute atomic E-state index is 12.5. The highest BCUT2D eigenvalue weighted by molar-refractivity contribution is 8.13. The van der Waals surface area contributed by atoms with Crippen LogP contribution in [0.5, 0.6) is 5.75 Å². The third-order valence-electron chi connectivity index (χ3n) is 1.73. The van der Waals surface area contributed by atoms with Gasteiger partial charge in [0.15, 0.2) is 0 Å². The fourth-order valence-electron chi connectivity index (χ4n) is 1.14. The van der Waals surface area contributed by atoms with E-state index in [4.69, 9.17) is 15.8 Å². The summed E-state index contributed by atoms with van der Waals surface area (Å²) in [6.07, 6.45) is -4.74. The van der Waals surface area contributed by atoms with Crippen molar-refractivity contribution in [2.75, 3.05) is 0 Å². The standard InChI is InChI=1S/C8H6ClF3O3S/c9-16(14,15)4-5-1-2-6(13)3-7(5)8(10,11)12/h1-3,13H,4H2. The first-order chi connectivity index (χ1) is 7.09. The van der Waals surface area contributed by atoms with Gasteiger partial charge in [0.05, 0.1) is 11.3 Å². The third-order valence-corrected chi connectivity index (χ3v) is 2.71. The van der Waals surface area contributed by atoms with E-state index in [1.165, 1.54) is 0 Å². The molecule has 1 aromatic carbocycles. The van der Waals surface area contributed by atoms with E-state index in [2.05, 4.69) is 0 Å². The van der Waals surface area contributed by atoms with Crippen molar-refractivity contribution in [2.45, 2.75) is 11.9 Å². The van der Waals surface area contributed by atoms with Crippen LogP contribution in [0, 0.1) is 0 Å². The van der Waals surface area contributed by atoms with Crippen LogP contribution in [0.1, 0.15) is 11.1 Å². The first-order valence-corrected chi connectivity index (χ1v) is 6.39. The van der Waals surface area contributed by atoms with E-state index in [9.17, 15) is 21.6 Å². The zero-order valence-corrected chi connectivity index (χ0v) is 9.20. The van der Waals surface area contributed by atoms with Crippen LogP contribution in [-0.4, -0.2) is 13.5 Å². The molecule has 1 rings (SSSR count). The topological polar surface area (TPSA) is 54.4 Å². The Morgan fingerprint density at radius 1 is 1.31 bits per heavy atom. The zero-order valence-electron chi connectivity index (χ0n) is 7.62. The second-order valence-electron chi connectivity index (χ2n) is 3.02. The molecule has 1 N–H and O–H groups in total. The van der Waals surface area contributed by atoms with Crippen molar-refractivity contribution in [1.82, 2.24) is 0 Å². The highest BCUT2D eigenvalue weighted by Crippen LogP contribution is 2.35. The molecule has 0 amide bonds. The lowest BCUT2D eigenvalue weighted by Gasteiger charge is -2.11. The third kappa shape index (κ3) is 3.57. The molecular weight excluding hydrogens is 269 g/mol. The largest absolute Gasteiger partial charge is 0.508 e. The molecule has 0 spiro atoms. The Morgan fingerprint density at radius 2 is 1.88 bits per heavy atom. The van der Waals surface area contributed by atoms with Crippen molar-refractivity contribution in [3.05, 3.63) is 29.3 Å². The molecule has 0 fully saturated rings. The molecule has 90 valence electrons. The van der Waals surface area contributed by atoms with Crippen LogP contribution in [0.3, 0.4) is 0 Å². The Labute approximate surface area is 93.9 Å². The normalized spacial score (nSPS) is 12.8. The molecule has 0 saturated carbocycles. The smallest absolute Gasteiger partial charge is 0.416 e. The molecule has 8 heteroatoms. The van der Waals surface area contributed by atoms with Crippen LogP contribution in [0.2, 0.25) is 0 Å². The number of alkyl halides is 3. The van der Waals surface area contributed by atoms with Crippen molar-refractivity contribution in [1.29, 1.82) is 0 Å². The molecule has 1 aromatic rings. The molecule has 16 heavy (non-hydrogen) atoms. The van der Waals surface area contributed by atoms with Gasteiger partial charge in [0.2, 0.25) is 9.05 Å². The zero-order chi connectivity index (χ0) is 12.6. The first-order valence-electron chi connectivity index (χ1n) is 3.91. The van der Waals surface area contributed by atoms with E-state index in [0.717, 1.165) is 12.1 Å². The van der Waals surface area contributed by atoms with Gasteiger partial charge in [0, 0.05) is 10.7 Å². The number of rotatable bonds is 2. The maximum atomic E-state index is 12.5. The number of halogens is 4. The lowest BCUT2D eigenvalue weighted by molar-refractivity contribution is -0.138. The summed E-state index contributed by atoms with van der Waals surface area (Å²) in [7, 11) is 0.790. The summed E-state index contributed by atoms with van der Waals surface area (Å²) in [4.78, 5) is 0. The number of benzene rings is 1. The average Bonchev–Trinajstić information content (AvgIpc) is 2.04. The lowest BCUT2D eigenvalue weighted by atomic mass is 10.1. The van der Waals surface area contributed by atoms with E-state index in [1.54, 1.807) is 0 Å². The van der Waals surface area contributed by atoms with Gasteiger partial charge in [-0.1, -0.05) is 6.07 Å². The van der Waals surface area contributed by atoms with Gasteiger partial charge < -0.3 is 5.11 Å². The SMILES string of the molecule is O=S(=O)(Cl)Cc1ccc(O)cc1C(F)(F)F. The number of phenols is 1. The van der Waals surface area contributed by atoms with E-state index in [0.29, 0.717) is 6.07 Å². The van der Waals surface area contributed by atoms with Crippen LogP contribution in [0.25, 0.3) is 0 Å². The Kier molecular flexibility index (Phi) is 3.39. The number of hydrogen-bond donors (Lipinski definition) is 1. The molecule has 0 aliphatic rings. The van der Waals surface area contributed by atoms with Crippen LogP contribution in [-0.2, 0) is 21.0 Å². The predicted molar refractivity (Wildman–Crippen MR) is 51.6 cm³/mol. The molecule has 0 aliphatic carbocycles. The van der Waals surface area contributed by atoms with Crippen molar-refractivity contribution >= 4 is 19.7 Å². The monoisotopic (exact) mass is 274 g/mol. The number of phenolic OH excluding ortho intramolecular Hbond substituents is 1. The molecule has 0 bridgehead atoms. The van der Waals surface area contributed by atoms with Gasteiger partial charge in [-0.15, -0.1) is 0 Å². The fraction of sp³-hybridized carbons (Fsp3) is 0.250. The van der Waals surface area contributed by atoms with Gasteiger partial charge in [0.25, 0.3) is 0 Å². The highest BCUT2D eigenvalue weighted by Gasteiger charge is 2.34. The Hall–Kier alpha value is -0.950. The molecule has 0 saturated heterocycles. The van der Waals surface area contributed by atoms with Gasteiger partial charge in [-0.25, -0.2) is 8.42 Å². The van der Waals surface area contributed by atoms with Crippen LogP contribution >= 0.6 is 10.7 Å². The highest BCUT2D eigenvalue weighted by atomic mass is 35.7. The summed E-state index contributed by atoms with van der Waals surface area (Å²) in [6, 6.07) is 2.29. The van der Waals surface area contributed by atoms with E-state index in [1.807, 2.05) is 0 Å². The summed E-state index contributed by atoms with van der Waals surface area (Å²) >= 11 is 0.